The summed E-state index contributed by atoms with van der Waals surface area (Å²) < 4.78 is 17.4. The molecule has 3 aromatic rings. The zero-order chi connectivity index (χ0) is 23.3. The molecule has 0 aliphatic heterocycles. The topological polar surface area (TPSA) is 91.7 Å². The maximum atomic E-state index is 13.2. The Morgan fingerprint density at radius 2 is 1.75 bits per heavy atom. The van der Waals surface area contributed by atoms with Crippen molar-refractivity contribution in [3.63, 3.8) is 0 Å². The highest BCUT2D eigenvalue weighted by Crippen LogP contribution is 2.28. The summed E-state index contributed by atoms with van der Waals surface area (Å²) in [5.74, 6) is 0.899. The molecule has 170 valence electrons. The number of carbonyl (C=O) groups is 1. The van der Waals surface area contributed by atoms with Crippen LogP contribution in [0, 0.1) is 0 Å². The molecule has 0 saturated heterocycles. The van der Waals surface area contributed by atoms with Crippen molar-refractivity contribution >= 4 is 34.3 Å². The third-order valence-corrected chi connectivity index (χ3v) is 5.96. The summed E-state index contributed by atoms with van der Waals surface area (Å²) >= 11 is 1.22. The molecule has 8 nitrogen and oxygen atoms in total. The predicted octanol–water partition coefficient (Wildman–Crippen LogP) is 3.74. The highest BCUT2D eigenvalue weighted by Gasteiger charge is 2.22. The van der Waals surface area contributed by atoms with Crippen LogP contribution in [-0.2, 0) is 9.53 Å². The monoisotopic (exact) mass is 457 g/mol. The molecule has 0 aliphatic rings. The van der Waals surface area contributed by atoms with Gasteiger partial charge < -0.3 is 19.5 Å². The van der Waals surface area contributed by atoms with E-state index in [0.717, 1.165) is 0 Å². The van der Waals surface area contributed by atoms with Gasteiger partial charge in [-0.1, -0.05) is 23.9 Å². The number of hydrogen-bond acceptors (Lipinski definition) is 7. The molecule has 0 fully saturated rings. The first-order valence-electron chi connectivity index (χ1n) is 10.1. The van der Waals surface area contributed by atoms with Gasteiger partial charge in [-0.05, 0) is 26.0 Å². The zero-order valence-electron chi connectivity index (χ0n) is 18.7. The Hall–Kier alpha value is -3.04. The molecule has 0 spiro atoms. The Bertz CT molecular complexity index is 1140. The molecule has 0 saturated carbocycles. The molecule has 0 aliphatic carbocycles. The van der Waals surface area contributed by atoms with Crippen LogP contribution in [0.5, 0.6) is 11.5 Å². The van der Waals surface area contributed by atoms with Crippen LogP contribution in [0.4, 0.5) is 5.69 Å². The number of nitrogens with zero attached hydrogens (tertiary/aromatic N) is 2. The van der Waals surface area contributed by atoms with E-state index in [-0.39, 0.29) is 17.5 Å². The Balaban J connectivity index is 1.90. The minimum absolute atomic E-state index is 0.159. The molecule has 2 atom stereocenters. The summed E-state index contributed by atoms with van der Waals surface area (Å²) in [7, 11) is 4.68. The van der Waals surface area contributed by atoms with E-state index in [1.165, 1.54) is 11.8 Å². The van der Waals surface area contributed by atoms with Gasteiger partial charge in [0.1, 0.15) is 11.5 Å². The lowest BCUT2D eigenvalue weighted by Crippen LogP contribution is -2.30. The molecule has 3 rings (SSSR count). The molecule has 1 heterocycles. The molecular formula is C23H27N3O5S. The molecule has 1 amide bonds. The maximum Gasteiger partial charge on any atom is 0.262 e. The van der Waals surface area contributed by atoms with Gasteiger partial charge in [0.2, 0.25) is 5.91 Å². The average molecular weight is 458 g/mol. The fourth-order valence-corrected chi connectivity index (χ4v) is 4.26. The Kier molecular flexibility index (Phi) is 7.76. The van der Waals surface area contributed by atoms with Gasteiger partial charge in [0.05, 0.1) is 43.0 Å². The van der Waals surface area contributed by atoms with E-state index < -0.39 is 5.25 Å². The van der Waals surface area contributed by atoms with Crippen LogP contribution in [-0.4, -0.2) is 48.6 Å². The van der Waals surface area contributed by atoms with Crippen molar-refractivity contribution in [1.82, 2.24) is 9.55 Å². The number of benzene rings is 2. The van der Waals surface area contributed by atoms with E-state index in [9.17, 15) is 9.59 Å². The van der Waals surface area contributed by atoms with E-state index in [1.54, 1.807) is 63.2 Å². The number of rotatable bonds is 9. The van der Waals surface area contributed by atoms with Gasteiger partial charge in [-0.15, -0.1) is 0 Å². The number of thioether (sulfide) groups is 1. The third kappa shape index (κ3) is 5.23. The minimum Gasteiger partial charge on any atom is -0.497 e. The molecule has 9 heteroatoms. The predicted molar refractivity (Wildman–Crippen MR) is 126 cm³/mol. The van der Waals surface area contributed by atoms with E-state index in [4.69, 9.17) is 14.2 Å². The minimum atomic E-state index is -0.527. The van der Waals surface area contributed by atoms with Crippen molar-refractivity contribution in [3.8, 4) is 11.5 Å². The van der Waals surface area contributed by atoms with E-state index >= 15 is 0 Å². The van der Waals surface area contributed by atoms with E-state index in [2.05, 4.69) is 10.3 Å². The standard InChI is InChI=1S/C23H27N3O5S/c1-14(13-29-3)26-22(28)19-8-6-7-9-20(19)25-23(26)32-15(2)21(27)24-16-10-17(30-4)12-18(11-16)31-5/h6-12,14-15H,13H2,1-5H3,(H,24,27)/t14-,15-/m1/s1. The fraction of sp³-hybridized carbons (Fsp3) is 0.348. The summed E-state index contributed by atoms with van der Waals surface area (Å²) in [5, 5.41) is 3.34. The fourth-order valence-electron chi connectivity index (χ4n) is 3.25. The number of fused-ring (bicyclic) bond motifs is 1. The van der Waals surface area contributed by atoms with Crippen molar-refractivity contribution in [2.24, 2.45) is 0 Å². The molecule has 32 heavy (non-hydrogen) atoms. The summed E-state index contributed by atoms with van der Waals surface area (Å²) in [5.41, 5.74) is 0.981. The number of carbonyl (C=O) groups excluding carboxylic acids is 1. The molecule has 2 aromatic carbocycles. The number of methoxy groups -OCH3 is 3. The highest BCUT2D eigenvalue weighted by atomic mass is 32.2. The largest absolute Gasteiger partial charge is 0.497 e. The van der Waals surface area contributed by atoms with Crippen molar-refractivity contribution in [2.45, 2.75) is 30.3 Å². The Morgan fingerprint density at radius 1 is 1.09 bits per heavy atom. The highest BCUT2D eigenvalue weighted by molar-refractivity contribution is 8.00. The van der Waals surface area contributed by atoms with Crippen molar-refractivity contribution in [3.05, 3.63) is 52.8 Å². The van der Waals surface area contributed by atoms with Gasteiger partial charge in [-0.2, -0.15) is 0 Å². The van der Waals surface area contributed by atoms with Crippen molar-refractivity contribution in [2.75, 3.05) is 33.3 Å². The number of para-hydroxylation sites is 1. The molecule has 0 radical (unpaired) electrons. The molecule has 1 N–H and O–H groups in total. The van der Waals surface area contributed by atoms with Gasteiger partial charge in [0, 0.05) is 31.0 Å². The van der Waals surface area contributed by atoms with Crippen LogP contribution in [0.1, 0.15) is 19.9 Å². The zero-order valence-corrected chi connectivity index (χ0v) is 19.6. The maximum absolute atomic E-state index is 13.2. The lowest BCUT2D eigenvalue weighted by atomic mass is 10.2. The second-order valence-electron chi connectivity index (χ2n) is 7.24. The summed E-state index contributed by atoms with van der Waals surface area (Å²) in [6, 6.07) is 12.1. The first-order chi connectivity index (χ1) is 15.4. The number of ether oxygens (including phenoxy) is 3. The Morgan fingerprint density at radius 3 is 2.38 bits per heavy atom. The van der Waals surface area contributed by atoms with Crippen LogP contribution in [0.3, 0.4) is 0 Å². The van der Waals surface area contributed by atoms with Gasteiger partial charge >= 0.3 is 0 Å². The summed E-state index contributed by atoms with van der Waals surface area (Å²) in [4.78, 5) is 30.8. The van der Waals surface area contributed by atoms with Gasteiger partial charge in [-0.25, -0.2) is 4.98 Å². The second kappa shape index (κ2) is 10.5. The average Bonchev–Trinajstić information content (AvgIpc) is 2.78. The quantitative estimate of drug-likeness (QED) is 0.387. The lowest BCUT2D eigenvalue weighted by Gasteiger charge is -2.20. The summed E-state index contributed by atoms with van der Waals surface area (Å²) in [6.45, 7) is 4.00. The lowest BCUT2D eigenvalue weighted by molar-refractivity contribution is -0.115. The van der Waals surface area contributed by atoms with E-state index in [0.29, 0.717) is 39.9 Å². The number of nitrogens with one attached hydrogen (secondary N) is 1. The third-order valence-electron chi connectivity index (χ3n) is 4.89. The molecule has 1 aromatic heterocycles. The van der Waals surface area contributed by atoms with Crippen LogP contribution >= 0.6 is 11.8 Å². The number of aromatic nitrogens is 2. The van der Waals surface area contributed by atoms with Crippen LogP contribution < -0.4 is 20.3 Å². The van der Waals surface area contributed by atoms with Crippen LogP contribution in [0.15, 0.2) is 52.4 Å². The van der Waals surface area contributed by atoms with Crippen molar-refractivity contribution < 1.29 is 19.0 Å². The first-order valence-corrected chi connectivity index (χ1v) is 11.0. The number of amides is 1. The number of anilines is 1. The molecule has 0 unspecified atom stereocenters. The summed E-state index contributed by atoms with van der Waals surface area (Å²) in [6.07, 6.45) is 0. The van der Waals surface area contributed by atoms with Gasteiger partial charge in [0.25, 0.3) is 5.56 Å². The molecular weight excluding hydrogens is 430 g/mol. The number of hydrogen-bond donors (Lipinski definition) is 1. The van der Waals surface area contributed by atoms with Gasteiger partial charge in [0.15, 0.2) is 5.16 Å². The Labute approximate surface area is 190 Å². The normalized spacial score (nSPS) is 12.9. The van der Waals surface area contributed by atoms with Gasteiger partial charge in [-0.3, -0.25) is 14.2 Å². The smallest absolute Gasteiger partial charge is 0.262 e. The van der Waals surface area contributed by atoms with Crippen LogP contribution in [0.2, 0.25) is 0 Å². The van der Waals surface area contributed by atoms with E-state index in [1.807, 2.05) is 19.1 Å². The van der Waals surface area contributed by atoms with Crippen LogP contribution in [0.25, 0.3) is 10.9 Å². The SMILES string of the molecule is COC[C@@H](C)n1c(S[C@H](C)C(=O)Nc2cc(OC)cc(OC)c2)nc2ccccc2c1=O. The second-order valence-corrected chi connectivity index (χ2v) is 8.55. The molecule has 0 bridgehead atoms. The first kappa shape index (κ1) is 23.6. The van der Waals surface area contributed by atoms with Crippen molar-refractivity contribution in [1.29, 1.82) is 0 Å².